The van der Waals surface area contributed by atoms with Crippen LogP contribution in [0.5, 0.6) is 0 Å². The lowest BCUT2D eigenvalue weighted by Gasteiger charge is -2.40. The number of rotatable bonds is 6. The summed E-state index contributed by atoms with van der Waals surface area (Å²) in [6.45, 7) is 4.58. The van der Waals surface area contributed by atoms with E-state index in [0.717, 1.165) is 0 Å². The molecule has 2 saturated heterocycles. The van der Waals surface area contributed by atoms with Gasteiger partial charge in [0.25, 0.3) is 0 Å². The van der Waals surface area contributed by atoms with E-state index in [-0.39, 0.29) is 24.9 Å². The molecule has 132 valence electrons. The predicted molar refractivity (Wildman–Crippen MR) is 83.8 cm³/mol. The zero-order valence-electron chi connectivity index (χ0n) is 14.2. The van der Waals surface area contributed by atoms with Crippen molar-refractivity contribution in [2.45, 2.75) is 25.3 Å². The molecule has 9 heteroatoms. The summed E-state index contributed by atoms with van der Waals surface area (Å²) in [4.78, 5) is 27.5. The fourth-order valence-electron chi connectivity index (χ4n) is 2.92. The van der Waals surface area contributed by atoms with E-state index in [1.165, 1.54) is 16.3 Å². The molecule has 2 unspecified atom stereocenters. The molecule has 3 atom stereocenters. The largest absolute Gasteiger partial charge is 0.467 e. The third kappa shape index (κ3) is 3.36. The van der Waals surface area contributed by atoms with Gasteiger partial charge < -0.3 is 9.64 Å². The van der Waals surface area contributed by atoms with E-state index in [1.807, 2.05) is 13.8 Å². The molecule has 0 N–H and O–H groups in total. The molecule has 8 nitrogen and oxygen atoms in total. The number of methoxy groups -OCH3 is 1. The van der Waals surface area contributed by atoms with Crippen LogP contribution in [0.1, 0.15) is 13.8 Å². The van der Waals surface area contributed by atoms with Gasteiger partial charge in [-0.2, -0.15) is 4.31 Å². The van der Waals surface area contributed by atoms with Crippen LogP contribution in [0, 0.1) is 11.8 Å². The number of carbonyl (C=O) groups excluding carboxylic acids is 2. The van der Waals surface area contributed by atoms with Gasteiger partial charge in [-0.3, -0.25) is 9.69 Å². The molecule has 2 aliphatic heterocycles. The van der Waals surface area contributed by atoms with Crippen LogP contribution in [-0.4, -0.2) is 86.7 Å². The lowest BCUT2D eigenvalue weighted by Crippen LogP contribution is -2.59. The summed E-state index contributed by atoms with van der Waals surface area (Å²) in [7, 11) is 1.28. The molecular formula is C14H25N3O5S. The van der Waals surface area contributed by atoms with Crippen molar-refractivity contribution >= 4 is 21.9 Å². The van der Waals surface area contributed by atoms with Crippen molar-refractivity contribution in [1.82, 2.24) is 14.1 Å². The molecule has 0 aromatic rings. The number of amides is 1. The Hall–Kier alpha value is -1.19. The Kier molecular flexibility index (Phi) is 5.03. The number of hydrogen-bond acceptors (Lipinski definition) is 6. The molecule has 0 aliphatic carbocycles. The molecule has 0 aromatic heterocycles. The smallest absolute Gasteiger partial charge is 0.328 e. The van der Waals surface area contributed by atoms with Crippen LogP contribution in [0.2, 0.25) is 0 Å². The van der Waals surface area contributed by atoms with Crippen molar-refractivity contribution in [3.05, 3.63) is 0 Å². The van der Waals surface area contributed by atoms with Gasteiger partial charge in [-0.1, -0.05) is 13.8 Å². The predicted octanol–water partition coefficient (Wildman–Crippen LogP) is -0.824. The summed E-state index contributed by atoms with van der Waals surface area (Å²) < 4.78 is 30.5. The average molecular weight is 347 g/mol. The van der Waals surface area contributed by atoms with Gasteiger partial charge in [0.05, 0.1) is 13.0 Å². The van der Waals surface area contributed by atoms with Gasteiger partial charge in [-0.25, -0.2) is 13.2 Å². The second kappa shape index (κ2) is 6.37. The number of hydrogen-bond donors (Lipinski definition) is 0. The molecule has 0 radical (unpaired) electrons. The Morgan fingerprint density at radius 2 is 1.74 bits per heavy atom. The topological polar surface area (TPSA) is 87.0 Å². The number of sulfonamides is 1. The van der Waals surface area contributed by atoms with Crippen molar-refractivity contribution in [3.8, 4) is 0 Å². The lowest BCUT2D eigenvalue weighted by molar-refractivity contribution is -0.156. The van der Waals surface area contributed by atoms with Gasteiger partial charge in [-0.15, -0.1) is 0 Å². The zero-order valence-corrected chi connectivity index (χ0v) is 15.0. The van der Waals surface area contributed by atoms with Crippen molar-refractivity contribution < 1.29 is 22.7 Å². The van der Waals surface area contributed by atoms with Gasteiger partial charge in [0, 0.05) is 26.7 Å². The van der Waals surface area contributed by atoms with Crippen molar-refractivity contribution in [2.75, 3.05) is 40.8 Å². The third-order valence-corrected chi connectivity index (χ3v) is 6.76. The average Bonchev–Trinajstić information content (AvgIpc) is 3.14. The number of likely N-dealkylation sites (N-methyl/N-ethyl adjacent to an activating group) is 2. The highest BCUT2D eigenvalue weighted by molar-refractivity contribution is 7.90. The lowest BCUT2D eigenvalue weighted by atomic mass is 9.97. The van der Waals surface area contributed by atoms with Crippen LogP contribution >= 0.6 is 0 Å². The molecule has 2 heterocycles. The van der Waals surface area contributed by atoms with Crippen LogP contribution in [0.3, 0.4) is 0 Å². The van der Waals surface area contributed by atoms with E-state index in [1.54, 1.807) is 19.0 Å². The molecule has 2 aliphatic rings. The Balaban J connectivity index is 1.96. The maximum Gasteiger partial charge on any atom is 0.328 e. The van der Waals surface area contributed by atoms with Crippen molar-refractivity contribution in [1.29, 1.82) is 0 Å². The number of esters is 1. The molecule has 0 aromatic carbocycles. The number of carbonyl (C=O) groups is 2. The minimum Gasteiger partial charge on any atom is -0.467 e. The van der Waals surface area contributed by atoms with Crippen LogP contribution < -0.4 is 0 Å². The molecule has 2 fully saturated rings. The van der Waals surface area contributed by atoms with E-state index >= 15 is 0 Å². The van der Waals surface area contributed by atoms with Crippen LogP contribution in [0.4, 0.5) is 0 Å². The molecule has 0 saturated carbocycles. The van der Waals surface area contributed by atoms with E-state index in [4.69, 9.17) is 4.74 Å². The van der Waals surface area contributed by atoms with Crippen LogP contribution in [-0.2, 0) is 24.3 Å². The first kappa shape index (κ1) is 18.2. The Morgan fingerprint density at radius 1 is 1.22 bits per heavy atom. The first-order chi connectivity index (χ1) is 10.6. The quantitative estimate of drug-likeness (QED) is 0.461. The molecule has 0 bridgehead atoms. The summed E-state index contributed by atoms with van der Waals surface area (Å²) in [6.07, 6.45) is 0. The maximum atomic E-state index is 12.5. The monoisotopic (exact) mass is 347 g/mol. The Morgan fingerprint density at radius 3 is 2.13 bits per heavy atom. The fourth-order valence-corrected chi connectivity index (χ4v) is 4.92. The van der Waals surface area contributed by atoms with Gasteiger partial charge in [0.15, 0.2) is 0 Å². The van der Waals surface area contributed by atoms with Gasteiger partial charge in [0.1, 0.15) is 11.4 Å². The van der Waals surface area contributed by atoms with Crippen molar-refractivity contribution in [3.63, 3.8) is 0 Å². The summed E-state index contributed by atoms with van der Waals surface area (Å²) in [5.41, 5.74) is 0. The summed E-state index contributed by atoms with van der Waals surface area (Å²) in [5.74, 6) is -1.16. The SMILES string of the molecule is COC(=O)C(C(C)C)N(C)C(=O)C1CN(S(=O)(=O)[C@@H]2CN2C)C1. The molecule has 0 spiro atoms. The summed E-state index contributed by atoms with van der Waals surface area (Å²) in [6, 6.07) is -0.660. The molecule has 23 heavy (non-hydrogen) atoms. The van der Waals surface area contributed by atoms with Crippen molar-refractivity contribution in [2.24, 2.45) is 11.8 Å². The zero-order chi connectivity index (χ0) is 17.5. The normalized spacial score (nSPS) is 26.5. The van der Waals surface area contributed by atoms with E-state index in [2.05, 4.69) is 0 Å². The van der Waals surface area contributed by atoms with E-state index < -0.39 is 33.3 Å². The fraction of sp³-hybridized carbons (Fsp3) is 0.857. The Labute approximate surface area is 137 Å². The second-order valence-corrected chi connectivity index (χ2v) is 8.70. The van der Waals surface area contributed by atoms with Gasteiger partial charge in [0.2, 0.25) is 15.9 Å². The third-order valence-electron chi connectivity index (χ3n) is 4.54. The minimum absolute atomic E-state index is 0.0866. The highest BCUT2D eigenvalue weighted by atomic mass is 32.2. The highest BCUT2D eigenvalue weighted by Crippen LogP contribution is 2.30. The minimum atomic E-state index is -3.33. The molecule has 1 amide bonds. The Bertz CT molecular complexity index is 585. The molecule has 2 rings (SSSR count). The number of ether oxygens (including phenoxy) is 1. The van der Waals surface area contributed by atoms with Crippen LogP contribution in [0.15, 0.2) is 0 Å². The molecular weight excluding hydrogens is 322 g/mol. The standard InChI is InChI=1S/C14H25N3O5S/c1-9(2)12(14(19)22-5)16(4)13(18)10-6-17(7-10)23(20,21)11-8-15(11)3/h9-12H,6-8H2,1-5H3/t11-,12?,15?/m1/s1. The maximum absolute atomic E-state index is 12.5. The van der Waals surface area contributed by atoms with E-state index in [9.17, 15) is 18.0 Å². The van der Waals surface area contributed by atoms with Gasteiger partial charge in [-0.05, 0) is 13.0 Å². The first-order valence-electron chi connectivity index (χ1n) is 7.65. The van der Waals surface area contributed by atoms with Crippen LogP contribution in [0.25, 0.3) is 0 Å². The van der Waals surface area contributed by atoms with Gasteiger partial charge >= 0.3 is 5.97 Å². The highest BCUT2D eigenvalue weighted by Gasteiger charge is 2.51. The van der Waals surface area contributed by atoms with E-state index in [0.29, 0.717) is 6.54 Å². The number of nitrogens with zero attached hydrogens (tertiary/aromatic N) is 3. The first-order valence-corrected chi connectivity index (χ1v) is 9.15. The summed E-state index contributed by atoms with van der Waals surface area (Å²) in [5, 5.41) is -0.449. The summed E-state index contributed by atoms with van der Waals surface area (Å²) >= 11 is 0. The second-order valence-electron chi connectivity index (χ2n) is 6.61.